The highest BCUT2D eigenvalue weighted by Crippen LogP contribution is 2.36. The van der Waals surface area contributed by atoms with Crippen molar-refractivity contribution in [3.8, 4) is 11.5 Å². The molecule has 6 heteroatoms. The van der Waals surface area contributed by atoms with Crippen LogP contribution in [0.15, 0.2) is 29.0 Å². The van der Waals surface area contributed by atoms with Crippen LogP contribution in [0.5, 0.6) is 11.5 Å². The number of rotatable bonds is 5. The van der Waals surface area contributed by atoms with E-state index in [1.165, 1.54) is 0 Å². The molecule has 112 valence electrons. The van der Waals surface area contributed by atoms with Crippen molar-refractivity contribution in [3.05, 3.63) is 45.1 Å². The van der Waals surface area contributed by atoms with Crippen molar-refractivity contribution in [1.82, 2.24) is 4.98 Å². The Morgan fingerprint density at radius 1 is 1.24 bits per heavy atom. The summed E-state index contributed by atoms with van der Waals surface area (Å²) in [5.41, 5.74) is 3.02. The van der Waals surface area contributed by atoms with Crippen LogP contribution in [0.4, 0.5) is 5.69 Å². The van der Waals surface area contributed by atoms with Gasteiger partial charge >= 0.3 is 0 Å². The quantitative estimate of drug-likeness (QED) is 0.789. The molecule has 2 aromatic rings. The van der Waals surface area contributed by atoms with Crippen molar-refractivity contribution < 1.29 is 9.47 Å². The molecule has 21 heavy (non-hydrogen) atoms. The van der Waals surface area contributed by atoms with Crippen LogP contribution in [0.2, 0.25) is 5.02 Å². The van der Waals surface area contributed by atoms with Gasteiger partial charge in [0.25, 0.3) is 0 Å². The van der Waals surface area contributed by atoms with E-state index in [1.54, 1.807) is 20.4 Å². The van der Waals surface area contributed by atoms with E-state index in [4.69, 9.17) is 21.1 Å². The first kappa shape index (κ1) is 15.9. The Labute approximate surface area is 137 Å². The molecule has 0 saturated heterocycles. The van der Waals surface area contributed by atoms with Crippen LogP contribution in [-0.2, 0) is 6.54 Å². The number of aromatic nitrogens is 1. The Kier molecular flexibility index (Phi) is 5.31. The number of ether oxygens (including phenoxy) is 2. The number of nitrogens with zero attached hydrogens (tertiary/aromatic N) is 1. The molecule has 1 aromatic carbocycles. The molecule has 1 heterocycles. The molecule has 0 aliphatic rings. The maximum atomic E-state index is 6.19. The number of halogens is 2. The molecule has 0 unspecified atom stereocenters. The van der Waals surface area contributed by atoms with Gasteiger partial charge in [0, 0.05) is 6.54 Å². The summed E-state index contributed by atoms with van der Waals surface area (Å²) in [5.74, 6) is 1.16. The van der Waals surface area contributed by atoms with Gasteiger partial charge in [-0.3, -0.25) is 0 Å². The van der Waals surface area contributed by atoms with Gasteiger partial charge in [0.2, 0.25) is 0 Å². The molecule has 0 radical (unpaired) electrons. The number of hydrogen-bond acceptors (Lipinski definition) is 4. The number of nitrogens with one attached hydrogen (secondary N) is 1. The summed E-state index contributed by atoms with van der Waals surface area (Å²) in [6.07, 6.45) is 1.78. The van der Waals surface area contributed by atoms with Crippen molar-refractivity contribution in [3.63, 3.8) is 0 Å². The molecule has 0 amide bonds. The molecule has 0 aliphatic heterocycles. The second-order valence-electron chi connectivity index (χ2n) is 4.50. The van der Waals surface area contributed by atoms with Crippen LogP contribution < -0.4 is 14.8 Å². The van der Waals surface area contributed by atoms with Gasteiger partial charge in [0.05, 0.1) is 31.1 Å². The van der Waals surface area contributed by atoms with Crippen LogP contribution in [0.3, 0.4) is 0 Å². The number of hydrogen-bond donors (Lipinski definition) is 1. The fourth-order valence-corrected chi connectivity index (χ4v) is 2.46. The third-order valence-electron chi connectivity index (χ3n) is 3.00. The van der Waals surface area contributed by atoms with Gasteiger partial charge in [-0.1, -0.05) is 11.6 Å². The monoisotopic (exact) mass is 370 g/mol. The summed E-state index contributed by atoms with van der Waals surface area (Å²) in [6.45, 7) is 2.61. The topological polar surface area (TPSA) is 43.4 Å². The van der Waals surface area contributed by atoms with Gasteiger partial charge in [-0.05, 0) is 52.2 Å². The number of aryl methyl sites for hydroxylation is 1. The Bertz CT molecular complexity index is 650. The zero-order valence-corrected chi connectivity index (χ0v) is 14.4. The van der Waals surface area contributed by atoms with E-state index >= 15 is 0 Å². The molecule has 0 atom stereocenters. The number of pyridine rings is 1. The van der Waals surface area contributed by atoms with Gasteiger partial charge in [-0.25, -0.2) is 4.98 Å². The first-order valence-corrected chi connectivity index (χ1v) is 7.48. The van der Waals surface area contributed by atoms with E-state index in [0.717, 1.165) is 21.4 Å². The predicted molar refractivity (Wildman–Crippen MR) is 88.6 cm³/mol. The minimum Gasteiger partial charge on any atom is -0.493 e. The van der Waals surface area contributed by atoms with Crippen LogP contribution >= 0.6 is 27.5 Å². The molecule has 0 bridgehead atoms. The van der Waals surface area contributed by atoms with E-state index < -0.39 is 0 Å². The minimum absolute atomic E-state index is 0.527. The second kappa shape index (κ2) is 7.00. The zero-order valence-electron chi connectivity index (χ0n) is 12.0. The highest BCUT2D eigenvalue weighted by molar-refractivity contribution is 9.10. The summed E-state index contributed by atoms with van der Waals surface area (Å²) in [5, 5.41) is 3.83. The summed E-state index contributed by atoms with van der Waals surface area (Å²) in [6, 6.07) is 5.78. The molecule has 0 fully saturated rings. The van der Waals surface area contributed by atoms with Crippen molar-refractivity contribution in [2.75, 3.05) is 19.5 Å². The SMILES string of the molecule is COc1cc(CNc2cnc(Br)c(C)c2)cc(Cl)c1OC. The molecule has 0 spiro atoms. The molecular weight excluding hydrogens is 356 g/mol. The summed E-state index contributed by atoms with van der Waals surface area (Å²) >= 11 is 9.57. The van der Waals surface area contributed by atoms with Crippen LogP contribution in [0.1, 0.15) is 11.1 Å². The molecule has 4 nitrogen and oxygen atoms in total. The van der Waals surface area contributed by atoms with Crippen LogP contribution in [-0.4, -0.2) is 19.2 Å². The maximum Gasteiger partial charge on any atom is 0.179 e. The Morgan fingerprint density at radius 2 is 2.00 bits per heavy atom. The van der Waals surface area contributed by atoms with E-state index in [1.807, 2.05) is 25.1 Å². The first-order valence-electron chi connectivity index (χ1n) is 6.31. The summed E-state index contributed by atoms with van der Waals surface area (Å²) in [4.78, 5) is 4.25. The highest BCUT2D eigenvalue weighted by Gasteiger charge is 2.10. The standard InChI is InChI=1S/C15H16BrClN2O2/c1-9-4-11(8-19-15(9)16)18-7-10-5-12(17)14(21-3)13(6-10)20-2/h4-6,8,18H,7H2,1-3H3. The molecule has 0 saturated carbocycles. The maximum absolute atomic E-state index is 6.19. The zero-order chi connectivity index (χ0) is 15.4. The largest absolute Gasteiger partial charge is 0.493 e. The summed E-state index contributed by atoms with van der Waals surface area (Å²) < 4.78 is 11.4. The van der Waals surface area contributed by atoms with Crippen molar-refractivity contribution in [2.45, 2.75) is 13.5 Å². The van der Waals surface area contributed by atoms with Gasteiger partial charge < -0.3 is 14.8 Å². The average molecular weight is 372 g/mol. The molecular formula is C15H16BrClN2O2. The molecule has 1 aromatic heterocycles. The first-order chi connectivity index (χ1) is 10.0. The minimum atomic E-state index is 0.527. The fraction of sp³-hybridized carbons (Fsp3) is 0.267. The molecule has 2 rings (SSSR count). The third-order valence-corrected chi connectivity index (χ3v) is 4.12. The predicted octanol–water partition coefficient (Wildman–Crippen LogP) is 4.44. The number of benzene rings is 1. The van der Waals surface area contributed by atoms with Gasteiger partial charge in [0.1, 0.15) is 4.60 Å². The van der Waals surface area contributed by atoms with Crippen LogP contribution in [0.25, 0.3) is 0 Å². The Morgan fingerprint density at radius 3 is 2.62 bits per heavy atom. The average Bonchev–Trinajstić information content (AvgIpc) is 2.47. The van der Waals surface area contributed by atoms with Crippen LogP contribution in [0, 0.1) is 6.92 Å². The van der Waals surface area contributed by atoms with Gasteiger partial charge in [-0.15, -0.1) is 0 Å². The lowest BCUT2D eigenvalue weighted by Gasteiger charge is -2.13. The molecule has 0 aliphatic carbocycles. The van der Waals surface area contributed by atoms with Crippen molar-refractivity contribution in [2.24, 2.45) is 0 Å². The van der Waals surface area contributed by atoms with E-state index in [-0.39, 0.29) is 0 Å². The molecule has 1 N–H and O–H groups in total. The highest BCUT2D eigenvalue weighted by atomic mass is 79.9. The second-order valence-corrected chi connectivity index (χ2v) is 5.66. The lowest BCUT2D eigenvalue weighted by atomic mass is 10.2. The lowest BCUT2D eigenvalue weighted by molar-refractivity contribution is 0.355. The summed E-state index contributed by atoms with van der Waals surface area (Å²) in [7, 11) is 3.16. The van der Waals surface area contributed by atoms with Crippen molar-refractivity contribution >= 4 is 33.2 Å². The lowest BCUT2D eigenvalue weighted by Crippen LogP contribution is -2.02. The number of anilines is 1. The Balaban J connectivity index is 2.16. The smallest absolute Gasteiger partial charge is 0.179 e. The van der Waals surface area contributed by atoms with E-state index in [9.17, 15) is 0 Å². The number of methoxy groups -OCH3 is 2. The third kappa shape index (κ3) is 3.80. The van der Waals surface area contributed by atoms with Crippen molar-refractivity contribution in [1.29, 1.82) is 0 Å². The van der Waals surface area contributed by atoms with Gasteiger partial charge in [0.15, 0.2) is 11.5 Å². The van der Waals surface area contributed by atoms with E-state index in [2.05, 4.69) is 26.2 Å². The Hall–Kier alpha value is -1.46. The van der Waals surface area contributed by atoms with Gasteiger partial charge in [-0.2, -0.15) is 0 Å². The fourth-order valence-electron chi connectivity index (χ4n) is 1.93. The van der Waals surface area contributed by atoms with E-state index in [0.29, 0.717) is 23.1 Å². The normalized spacial score (nSPS) is 10.3.